The molecule has 2 aromatic rings. The summed E-state index contributed by atoms with van der Waals surface area (Å²) >= 11 is 6.57. The number of nitrogens with zero attached hydrogens (tertiary/aromatic N) is 3. The van der Waals surface area contributed by atoms with Gasteiger partial charge in [0.25, 0.3) is 0 Å². The highest BCUT2D eigenvalue weighted by Gasteiger charge is 2.27. The molecule has 1 aromatic heterocycles. The van der Waals surface area contributed by atoms with E-state index in [1.165, 1.54) is 0 Å². The summed E-state index contributed by atoms with van der Waals surface area (Å²) < 4.78 is 5.80. The van der Waals surface area contributed by atoms with Gasteiger partial charge < -0.3 is 20.7 Å². The third kappa shape index (κ3) is 4.67. The van der Waals surface area contributed by atoms with Crippen LogP contribution < -0.4 is 16.0 Å². The Hall–Kier alpha value is -2.38. The predicted octanol–water partition coefficient (Wildman–Crippen LogP) is 3.34. The summed E-state index contributed by atoms with van der Waals surface area (Å²) in [6.07, 6.45) is 1.29. The first-order valence-corrected chi connectivity index (χ1v) is 9.40. The lowest BCUT2D eigenvalue weighted by molar-refractivity contribution is -0.115. The van der Waals surface area contributed by atoms with Gasteiger partial charge in [0.1, 0.15) is 5.82 Å². The maximum Gasteiger partial charge on any atom is 0.224 e. The number of halogens is 1. The van der Waals surface area contributed by atoms with Gasteiger partial charge in [-0.1, -0.05) is 24.6 Å². The van der Waals surface area contributed by atoms with Crippen LogP contribution in [0.15, 0.2) is 24.3 Å². The molecule has 0 aliphatic carbocycles. The number of benzene rings is 1. The number of nitrogens with two attached hydrogens (primary N) is 1. The van der Waals surface area contributed by atoms with Gasteiger partial charge >= 0.3 is 0 Å². The maximum absolute atomic E-state index is 11.6. The van der Waals surface area contributed by atoms with Gasteiger partial charge in [0.15, 0.2) is 0 Å². The molecule has 1 fully saturated rings. The highest BCUT2D eigenvalue weighted by molar-refractivity contribution is 6.31. The van der Waals surface area contributed by atoms with Gasteiger partial charge in [-0.2, -0.15) is 4.98 Å². The predicted molar refractivity (Wildman–Crippen MR) is 107 cm³/mol. The van der Waals surface area contributed by atoms with Crippen LogP contribution in [0.4, 0.5) is 17.5 Å². The lowest BCUT2D eigenvalue weighted by atomic mass is 10.0. The van der Waals surface area contributed by atoms with Gasteiger partial charge in [-0.3, -0.25) is 4.79 Å². The average molecular weight is 390 g/mol. The molecule has 2 heterocycles. The normalized spacial score (nSPS) is 17.4. The van der Waals surface area contributed by atoms with Gasteiger partial charge in [-0.25, -0.2) is 4.98 Å². The van der Waals surface area contributed by atoms with Crippen molar-refractivity contribution in [3.8, 4) is 0 Å². The molecular formula is C19H24ClN5O2. The number of hydrogen-bond donors (Lipinski definition) is 2. The van der Waals surface area contributed by atoms with E-state index < -0.39 is 0 Å². The molecule has 1 amide bonds. The van der Waals surface area contributed by atoms with Gasteiger partial charge in [0.05, 0.1) is 12.6 Å². The van der Waals surface area contributed by atoms with Crippen molar-refractivity contribution in [3.05, 3.63) is 40.5 Å². The number of ether oxygens (including phenoxy) is 1. The number of aryl methyl sites for hydroxylation is 1. The van der Waals surface area contributed by atoms with Crippen LogP contribution >= 0.6 is 11.6 Å². The summed E-state index contributed by atoms with van der Waals surface area (Å²) in [4.78, 5) is 22.3. The van der Waals surface area contributed by atoms with Crippen molar-refractivity contribution in [1.82, 2.24) is 9.97 Å². The van der Waals surface area contributed by atoms with E-state index in [0.29, 0.717) is 30.3 Å². The van der Waals surface area contributed by atoms with E-state index in [9.17, 15) is 4.79 Å². The summed E-state index contributed by atoms with van der Waals surface area (Å²) in [6.45, 7) is 5.63. The SMILES string of the molecule is CCC(=O)Nc1ccc(C2COCCCN2c2cc(C)nc(N)n2)c(Cl)c1. The van der Waals surface area contributed by atoms with Gasteiger partial charge in [0.2, 0.25) is 11.9 Å². The monoisotopic (exact) mass is 389 g/mol. The zero-order valence-corrected chi connectivity index (χ0v) is 16.3. The largest absolute Gasteiger partial charge is 0.379 e. The summed E-state index contributed by atoms with van der Waals surface area (Å²) in [5, 5.41) is 3.40. The number of carbonyl (C=O) groups excluding carboxylic acids is 1. The number of rotatable bonds is 4. The number of amides is 1. The molecule has 0 saturated carbocycles. The second-order valence-corrected chi connectivity index (χ2v) is 6.91. The Morgan fingerprint density at radius 1 is 1.41 bits per heavy atom. The standard InChI is InChI=1S/C19H24ClN5O2/c1-3-18(26)23-13-5-6-14(15(20)10-13)16-11-27-8-4-7-25(16)17-9-12(2)22-19(21)24-17/h5-6,9-10,16H,3-4,7-8,11H2,1-2H3,(H,23,26)(H2,21,22,24). The molecule has 1 unspecified atom stereocenters. The molecule has 3 N–H and O–H groups in total. The molecular weight excluding hydrogens is 366 g/mol. The number of nitrogens with one attached hydrogen (secondary N) is 1. The Balaban J connectivity index is 1.94. The minimum Gasteiger partial charge on any atom is -0.379 e. The number of carbonyl (C=O) groups is 1. The van der Waals surface area contributed by atoms with E-state index in [4.69, 9.17) is 22.1 Å². The van der Waals surface area contributed by atoms with Crippen LogP contribution in [-0.2, 0) is 9.53 Å². The third-order valence-corrected chi connectivity index (χ3v) is 4.78. The van der Waals surface area contributed by atoms with Crippen molar-refractivity contribution in [2.75, 3.05) is 35.7 Å². The van der Waals surface area contributed by atoms with Crippen molar-refractivity contribution >= 4 is 35.0 Å². The maximum atomic E-state index is 11.6. The van der Waals surface area contributed by atoms with Crippen molar-refractivity contribution in [1.29, 1.82) is 0 Å². The Morgan fingerprint density at radius 2 is 2.22 bits per heavy atom. The lowest BCUT2D eigenvalue weighted by Gasteiger charge is -2.31. The molecule has 1 aromatic carbocycles. The van der Waals surface area contributed by atoms with Crippen molar-refractivity contribution in [3.63, 3.8) is 0 Å². The Bertz CT molecular complexity index is 809. The molecule has 3 rings (SSSR count). The molecule has 144 valence electrons. The van der Waals surface area contributed by atoms with Gasteiger partial charge in [-0.15, -0.1) is 0 Å². The highest BCUT2D eigenvalue weighted by atomic mass is 35.5. The molecule has 0 bridgehead atoms. The molecule has 27 heavy (non-hydrogen) atoms. The second-order valence-electron chi connectivity index (χ2n) is 6.50. The lowest BCUT2D eigenvalue weighted by Crippen LogP contribution is -2.32. The van der Waals surface area contributed by atoms with E-state index in [2.05, 4.69) is 20.2 Å². The molecule has 7 nitrogen and oxygen atoms in total. The first kappa shape index (κ1) is 19.4. The van der Waals surface area contributed by atoms with Crippen LogP contribution in [0.25, 0.3) is 0 Å². The van der Waals surface area contributed by atoms with Crippen molar-refractivity contribution in [2.24, 2.45) is 0 Å². The van der Waals surface area contributed by atoms with Gasteiger partial charge in [-0.05, 0) is 31.0 Å². The zero-order chi connectivity index (χ0) is 19.4. The smallest absolute Gasteiger partial charge is 0.224 e. The fraction of sp³-hybridized carbons (Fsp3) is 0.421. The van der Waals surface area contributed by atoms with Crippen molar-refractivity contribution < 1.29 is 9.53 Å². The van der Waals surface area contributed by atoms with Crippen LogP contribution in [0.3, 0.4) is 0 Å². The minimum absolute atomic E-state index is 0.0508. The van der Waals surface area contributed by atoms with E-state index in [0.717, 1.165) is 30.0 Å². The van der Waals surface area contributed by atoms with Crippen LogP contribution in [0.1, 0.15) is 37.1 Å². The molecule has 1 atom stereocenters. The average Bonchev–Trinajstić information content (AvgIpc) is 2.87. The zero-order valence-electron chi connectivity index (χ0n) is 15.5. The van der Waals surface area contributed by atoms with Crippen LogP contribution in [-0.4, -0.2) is 35.6 Å². The van der Waals surface area contributed by atoms with E-state index in [1.807, 2.05) is 32.0 Å². The Kier molecular flexibility index (Phi) is 6.13. The number of hydrogen-bond acceptors (Lipinski definition) is 6. The van der Waals surface area contributed by atoms with Gasteiger partial charge in [0, 0.05) is 42.0 Å². The summed E-state index contributed by atoms with van der Waals surface area (Å²) in [6, 6.07) is 7.37. The Morgan fingerprint density at radius 3 is 2.93 bits per heavy atom. The fourth-order valence-corrected chi connectivity index (χ4v) is 3.46. The van der Waals surface area contributed by atoms with Crippen LogP contribution in [0.5, 0.6) is 0 Å². The van der Waals surface area contributed by atoms with E-state index in [-0.39, 0.29) is 17.9 Å². The minimum atomic E-state index is -0.107. The molecule has 1 saturated heterocycles. The molecule has 1 aliphatic heterocycles. The summed E-state index contributed by atoms with van der Waals surface area (Å²) in [5.41, 5.74) is 8.26. The first-order chi connectivity index (χ1) is 13.0. The third-order valence-electron chi connectivity index (χ3n) is 4.46. The molecule has 0 radical (unpaired) electrons. The Labute approximate surface area is 163 Å². The second kappa shape index (κ2) is 8.54. The first-order valence-electron chi connectivity index (χ1n) is 9.02. The number of aromatic nitrogens is 2. The number of anilines is 3. The fourth-order valence-electron chi connectivity index (χ4n) is 3.16. The van der Waals surface area contributed by atoms with E-state index in [1.54, 1.807) is 6.07 Å². The highest BCUT2D eigenvalue weighted by Crippen LogP contribution is 2.34. The molecule has 1 aliphatic rings. The topological polar surface area (TPSA) is 93.4 Å². The van der Waals surface area contributed by atoms with Crippen LogP contribution in [0.2, 0.25) is 5.02 Å². The summed E-state index contributed by atoms with van der Waals surface area (Å²) in [7, 11) is 0. The van der Waals surface area contributed by atoms with E-state index >= 15 is 0 Å². The summed E-state index contributed by atoms with van der Waals surface area (Å²) in [5.74, 6) is 0.956. The molecule has 0 spiro atoms. The van der Waals surface area contributed by atoms with Crippen molar-refractivity contribution in [2.45, 2.75) is 32.7 Å². The van der Waals surface area contributed by atoms with Crippen LogP contribution in [0, 0.1) is 6.92 Å². The number of nitrogen functional groups attached to an aromatic ring is 1. The quantitative estimate of drug-likeness (QED) is 0.832. The molecule has 8 heteroatoms.